The highest BCUT2D eigenvalue weighted by Crippen LogP contribution is 2.28. The lowest BCUT2D eigenvalue weighted by atomic mass is 10.1. The van der Waals surface area contributed by atoms with Crippen LogP contribution in [0.3, 0.4) is 0 Å². The Morgan fingerprint density at radius 1 is 1.06 bits per heavy atom. The van der Waals surface area contributed by atoms with Gasteiger partial charge in [-0.15, -0.1) is 11.3 Å². The summed E-state index contributed by atoms with van der Waals surface area (Å²) in [6, 6.07) is 13.1. The Kier molecular flexibility index (Phi) is 3.30. The first-order valence-electron chi connectivity index (χ1n) is 5.58. The Morgan fingerprint density at radius 3 is 2.25 bits per heavy atom. The van der Waals surface area contributed by atoms with Crippen LogP contribution in [-0.4, -0.2) is 13.6 Å². The van der Waals surface area contributed by atoms with E-state index in [0.29, 0.717) is 0 Å². The third kappa shape index (κ3) is 2.27. The van der Waals surface area contributed by atoms with E-state index in [1.54, 1.807) is 0 Å². The maximum atomic E-state index is 2.24. The molecule has 16 heavy (non-hydrogen) atoms. The summed E-state index contributed by atoms with van der Waals surface area (Å²) in [4.78, 5) is 4.96. The fourth-order valence-electron chi connectivity index (χ4n) is 1.65. The molecule has 1 aromatic carbocycles. The van der Waals surface area contributed by atoms with Crippen molar-refractivity contribution in [3.05, 3.63) is 41.3 Å². The number of nitrogens with zero attached hydrogens (tertiary/aromatic N) is 1. The number of aryl methyl sites for hydroxylation is 1. The third-order valence-electron chi connectivity index (χ3n) is 2.81. The summed E-state index contributed by atoms with van der Waals surface area (Å²) >= 11 is 1.85. The average molecular weight is 231 g/mol. The molecule has 0 spiro atoms. The highest BCUT2D eigenvalue weighted by molar-refractivity contribution is 7.15. The Morgan fingerprint density at radius 2 is 1.75 bits per heavy atom. The highest BCUT2D eigenvalue weighted by Gasteiger charge is 2.02. The molecule has 0 saturated heterocycles. The molecule has 1 aromatic heterocycles. The molecule has 0 aliphatic heterocycles. The minimum Gasteiger partial charge on any atom is -0.375 e. The van der Waals surface area contributed by atoms with Gasteiger partial charge in [0.25, 0.3) is 0 Å². The van der Waals surface area contributed by atoms with Crippen molar-refractivity contribution in [2.24, 2.45) is 0 Å². The molecule has 0 unspecified atom stereocenters. The van der Waals surface area contributed by atoms with E-state index in [1.165, 1.54) is 21.0 Å². The van der Waals surface area contributed by atoms with E-state index in [-0.39, 0.29) is 0 Å². The van der Waals surface area contributed by atoms with Crippen molar-refractivity contribution in [1.29, 1.82) is 0 Å². The fraction of sp³-hybridized carbons (Fsp3) is 0.286. The van der Waals surface area contributed by atoms with Crippen LogP contribution in [0.1, 0.15) is 11.8 Å². The number of benzene rings is 1. The predicted molar refractivity (Wildman–Crippen MR) is 73.4 cm³/mol. The average Bonchev–Trinajstić information content (AvgIpc) is 2.75. The lowest BCUT2D eigenvalue weighted by Gasteiger charge is -2.16. The molecule has 2 aromatic rings. The normalized spacial score (nSPS) is 10.4. The van der Waals surface area contributed by atoms with Crippen LogP contribution in [0.2, 0.25) is 0 Å². The lowest BCUT2D eigenvalue weighted by molar-refractivity contribution is 0.968. The van der Waals surface area contributed by atoms with Gasteiger partial charge in [0.05, 0.1) is 0 Å². The van der Waals surface area contributed by atoms with Crippen molar-refractivity contribution in [2.45, 2.75) is 13.8 Å². The molecule has 1 heterocycles. The van der Waals surface area contributed by atoms with Gasteiger partial charge in [0.2, 0.25) is 0 Å². The fourth-order valence-corrected chi connectivity index (χ4v) is 2.53. The van der Waals surface area contributed by atoms with Gasteiger partial charge >= 0.3 is 0 Å². The van der Waals surface area contributed by atoms with Crippen LogP contribution in [0.5, 0.6) is 0 Å². The Bertz CT molecular complexity index is 456. The first-order chi connectivity index (χ1) is 7.70. The minimum atomic E-state index is 1.04. The molecule has 84 valence electrons. The zero-order valence-electron chi connectivity index (χ0n) is 10.0. The van der Waals surface area contributed by atoms with Crippen LogP contribution in [0.4, 0.5) is 5.69 Å². The Balaban J connectivity index is 2.25. The summed E-state index contributed by atoms with van der Waals surface area (Å²) in [5.74, 6) is 0. The van der Waals surface area contributed by atoms with Gasteiger partial charge in [0, 0.05) is 29.0 Å². The summed E-state index contributed by atoms with van der Waals surface area (Å²) in [7, 11) is 2.12. The molecule has 2 heteroatoms. The van der Waals surface area contributed by atoms with Crippen molar-refractivity contribution in [3.8, 4) is 10.4 Å². The minimum absolute atomic E-state index is 1.04. The van der Waals surface area contributed by atoms with Crippen LogP contribution in [0.15, 0.2) is 36.4 Å². The standard InChI is InChI=1S/C14H17NS/c1-4-15(3)13-8-6-12(7-9-13)14-10-5-11(2)16-14/h5-10H,4H2,1-3H3. The molecular weight excluding hydrogens is 214 g/mol. The largest absolute Gasteiger partial charge is 0.375 e. The SMILES string of the molecule is CCN(C)c1ccc(-c2ccc(C)s2)cc1. The van der Waals surface area contributed by atoms with Crippen molar-refractivity contribution >= 4 is 17.0 Å². The maximum Gasteiger partial charge on any atom is 0.0363 e. The van der Waals surface area contributed by atoms with Crippen molar-refractivity contribution in [1.82, 2.24) is 0 Å². The topological polar surface area (TPSA) is 3.24 Å². The number of hydrogen-bond donors (Lipinski definition) is 0. The van der Waals surface area contributed by atoms with E-state index in [9.17, 15) is 0 Å². The van der Waals surface area contributed by atoms with Crippen molar-refractivity contribution in [2.75, 3.05) is 18.5 Å². The Hall–Kier alpha value is -1.28. The summed E-state index contributed by atoms with van der Waals surface area (Å²) in [5, 5.41) is 0. The third-order valence-corrected chi connectivity index (χ3v) is 3.86. The molecule has 0 aliphatic rings. The van der Waals surface area contributed by atoms with Gasteiger partial charge < -0.3 is 4.90 Å². The van der Waals surface area contributed by atoms with Gasteiger partial charge in [-0.3, -0.25) is 0 Å². The van der Waals surface area contributed by atoms with E-state index in [2.05, 4.69) is 62.2 Å². The molecule has 1 nitrogen and oxygen atoms in total. The molecule has 0 aliphatic carbocycles. The zero-order valence-corrected chi connectivity index (χ0v) is 10.8. The quantitative estimate of drug-likeness (QED) is 0.766. The van der Waals surface area contributed by atoms with E-state index in [4.69, 9.17) is 0 Å². The highest BCUT2D eigenvalue weighted by atomic mass is 32.1. The molecule has 0 atom stereocenters. The number of thiophene rings is 1. The molecule has 0 amide bonds. The molecule has 0 saturated carbocycles. The van der Waals surface area contributed by atoms with E-state index < -0.39 is 0 Å². The zero-order chi connectivity index (χ0) is 11.5. The second-order valence-electron chi connectivity index (χ2n) is 3.97. The summed E-state index contributed by atoms with van der Waals surface area (Å²) in [5.41, 5.74) is 2.59. The van der Waals surface area contributed by atoms with Crippen LogP contribution < -0.4 is 4.90 Å². The number of rotatable bonds is 3. The van der Waals surface area contributed by atoms with Gasteiger partial charge in [-0.25, -0.2) is 0 Å². The van der Waals surface area contributed by atoms with E-state index in [0.717, 1.165) is 6.54 Å². The van der Waals surface area contributed by atoms with Gasteiger partial charge in [-0.05, 0) is 43.7 Å². The van der Waals surface area contributed by atoms with E-state index in [1.807, 2.05) is 11.3 Å². The number of hydrogen-bond acceptors (Lipinski definition) is 2. The molecular formula is C14H17NS. The van der Waals surface area contributed by atoms with Crippen LogP contribution in [0.25, 0.3) is 10.4 Å². The van der Waals surface area contributed by atoms with Crippen LogP contribution >= 0.6 is 11.3 Å². The summed E-state index contributed by atoms with van der Waals surface area (Å²) in [6.45, 7) is 5.35. The van der Waals surface area contributed by atoms with Crippen molar-refractivity contribution in [3.63, 3.8) is 0 Å². The van der Waals surface area contributed by atoms with Crippen LogP contribution in [-0.2, 0) is 0 Å². The lowest BCUT2D eigenvalue weighted by Crippen LogP contribution is -2.15. The molecule has 2 rings (SSSR count). The molecule has 0 bridgehead atoms. The second-order valence-corrected chi connectivity index (χ2v) is 5.26. The van der Waals surface area contributed by atoms with Crippen LogP contribution in [0, 0.1) is 6.92 Å². The molecule has 0 fully saturated rings. The van der Waals surface area contributed by atoms with Gasteiger partial charge in [-0.1, -0.05) is 12.1 Å². The molecule has 0 N–H and O–H groups in total. The first-order valence-corrected chi connectivity index (χ1v) is 6.40. The predicted octanol–water partition coefficient (Wildman–Crippen LogP) is 4.18. The van der Waals surface area contributed by atoms with Gasteiger partial charge in [-0.2, -0.15) is 0 Å². The summed E-state index contributed by atoms with van der Waals surface area (Å²) in [6.07, 6.45) is 0. The monoisotopic (exact) mass is 231 g/mol. The maximum absolute atomic E-state index is 2.24. The smallest absolute Gasteiger partial charge is 0.0363 e. The first kappa shape index (κ1) is 11.2. The van der Waals surface area contributed by atoms with Gasteiger partial charge in [0.15, 0.2) is 0 Å². The second kappa shape index (κ2) is 4.71. The number of anilines is 1. The van der Waals surface area contributed by atoms with E-state index >= 15 is 0 Å². The Labute approximate surface area is 101 Å². The van der Waals surface area contributed by atoms with Gasteiger partial charge in [0.1, 0.15) is 0 Å². The molecule has 0 radical (unpaired) electrons. The summed E-state index contributed by atoms with van der Waals surface area (Å²) < 4.78 is 0. The van der Waals surface area contributed by atoms with Crippen molar-refractivity contribution < 1.29 is 0 Å².